The smallest absolute Gasteiger partial charge is 0.345 e. The number of nitriles is 1. The van der Waals surface area contributed by atoms with Crippen molar-refractivity contribution in [2.75, 3.05) is 0 Å². The van der Waals surface area contributed by atoms with E-state index in [0.29, 0.717) is 5.56 Å². The summed E-state index contributed by atoms with van der Waals surface area (Å²) in [6, 6.07) is 7.69. The van der Waals surface area contributed by atoms with Gasteiger partial charge in [-0.25, -0.2) is 4.79 Å². The molecule has 4 heteroatoms. The fraction of sp³-hybridized carbons (Fsp3) is 0. The monoisotopic (exact) mass is 175 g/mol. The highest BCUT2D eigenvalue weighted by molar-refractivity contribution is 5.93. The number of hydrogen-bond acceptors (Lipinski definition) is 4. The van der Waals surface area contributed by atoms with Crippen LogP contribution in [-0.4, -0.2) is 12.4 Å². The summed E-state index contributed by atoms with van der Waals surface area (Å²) in [5, 5.41) is 8.45. The highest BCUT2D eigenvalue weighted by Crippen LogP contribution is 2.04. The number of carbonyl (C=O) groups excluding carboxylic acids is 2. The van der Waals surface area contributed by atoms with Gasteiger partial charge in [-0.15, -0.1) is 0 Å². The highest BCUT2D eigenvalue weighted by atomic mass is 16.6. The number of rotatable bonds is 2. The lowest BCUT2D eigenvalue weighted by Crippen LogP contribution is -2.02. The summed E-state index contributed by atoms with van der Waals surface area (Å²) in [6.45, 7) is 0.0700. The second-order valence-corrected chi connectivity index (χ2v) is 2.19. The summed E-state index contributed by atoms with van der Waals surface area (Å²) in [5.41, 5.74) is 0.689. The molecule has 1 aromatic rings. The summed E-state index contributed by atoms with van der Waals surface area (Å²) >= 11 is 0. The summed E-state index contributed by atoms with van der Waals surface area (Å²) in [6.07, 6.45) is 0. The van der Waals surface area contributed by atoms with Gasteiger partial charge < -0.3 is 4.74 Å². The fourth-order valence-electron chi connectivity index (χ4n) is 0.793. The van der Waals surface area contributed by atoms with E-state index in [2.05, 4.69) is 4.74 Å². The molecule has 4 nitrogen and oxygen atoms in total. The molecule has 0 aliphatic rings. The minimum absolute atomic E-state index is 0.0700. The average molecular weight is 175 g/mol. The predicted octanol–water partition coefficient (Wildman–Crippen LogP) is 0.871. The van der Waals surface area contributed by atoms with E-state index in [1.54, 1.807) is 0 Å². The largest absolute Gasteiger partial charge is 0.392 e. The quantitative estimate of drug-likeness (QED) is 0.380. The number of esters is 1. The maximum atomic E-state index is 10.9. The molecule has 1 rings (SSSR count). The Morgan fingerprint density at radius 1 is 1.38 bits per heavy atom. The molecule has 64 valence electrons. The van der Waals surface area contributed by atoms with Gasteiger partial charge in [0, 0.05) is 0 Å². The van der Waals surface area contributed by atoms with E-state index >= 15 is 0 Å². The van der Waals surface area contributed by atoms with Gasteiger partial charge in [-0.3, -0.25) is 4.79 Å². The molecule has 0 heterocycles. The first-order valence-corrected chi connectivity index (χ1v) is 3.42. The molecule has 0 fully saturated rings. The first kappa shape index (κ1) is 8.94. The Bertz CT molecular complexity index is 361. The van der Waals surface area contributed by atoms with Crippen LogP contribution in [0.15, 0.2) is 24.3 Å². The Balaban J connectivity index is 2.87. The lowest BCUT2D eigenvalue weighted by molar-refractivity contribution is -0.123. The minimum atomic E-state index is -0.723. The third kappa shape index (κ3) is 2.14. The third-order valence-electron chi connectivity index (χ3n) is 1.40. The van der Waals surface area contributed by atoms with Crippen LogP contribution in [0.3, 0.4) is 0 Å². The van der Waals surface area contributed by atoms with Crippen LogP contribution in [-0.2, 0) is 9.53 Å². The molecule has 0 aromatic heterocycles. The lowest BCUT2D eigenvalue weighted by atomic mass is 10.1. The summed E-state index contributed by atoms with van der Waals surface area (Å²) < 4.78 is 4.10. The van der Waals surface area contributed by atoms with Crippen LogP contribution >= 0.6 is 0 Å². The van der Waals surface area contributed by atoms with Gasteiger partial charge in [-0.2, -0.15) is 5.26 Å². The van der Waals surface area contributed by atoms with E-state index in [1.807, 2.05) is 6.07 Å². The van der Waals surface area contributed by atoms with Crippen molar-refractivity contribution in [3.8, 4) is 6.07 Å². The Labute approximate surface area is 74.4 Å². The van der Waals surface area contributed by atoms with E-state index in [4.69, 9.17) is 5.26 Å². The second-order valence-electron chi connectivity index (χ2n) is 2.19. The Morgan fingerprint density at radius 3 is 2.46 bits per heavy atom. The zero-order valence-corrected chi connectivity index (χ0v) is 6.56. The standard InChI is InChI=1S/C9H5NO3/c10-5-7-1-3-8(4-2-7)9(12)13-6-11/h1-4,6H. The molecular formula is C9H5NO3. The fourth-order valence-corrected chi connectivity index (χ4v) is 0.793. The maximum absolute atomic E-state index is 10.9. The van der Waals surface area contributed by atoms with E-state index in [9.17, 15) is 9.59 Å². The molecule has 1 aromatic carbocycles. The molecule has 0 bridgehead atoms. The summed E-state index contributed by atoms with van der Waals surface area (Å²) in [4.78, 5) is 20.7. The van der Waals surface area contributed by atoms with Crippen LogP contribution in [0.5, 0.6) is 0 Å². The molecule has 0 unspecified atom stereocenters. The van der Waals surface area contributed by atoms with Crippen LogP contribution in [0.2, 0.25) is 0 Å². The first-order chi connectivity index (χ1) is 6.27. The van der Waals surface area contributed by atoms with Crippen molar-refractivity contribution in [3.05, 3.63) is 35.4 Å². The van der Waals surface area contributed by atoms with Gasteiger partial charge >= 0.3 is 12.4 Å². The number of ether oxygens (including phenoxy) is 1. The van der Waals surface area contributed by atoms with Crippen LogP contribution in [0.1, 0.15) is 15.9 Å². The lowest BCUT2D eigenvalue weighted by Gasteiger charge is -1.95. The van der Waals surface area contributed by atoms with Crippen molar-refractivity contribution < 1.29 is 14.3 Å². The molecule has 0 saturated heterocycles. The zero-order valence-electron chi connectivity index (χ0n) is 6.56. The topological polar surface area (TPSA) is 67.2 Å². The van der Waals surface area contributed by atoms with Crippen LogP contribution in [0.25, 0.3) is 0 Å². The van der Waals surface area contributed by atoms with Gasteiger partial charge in [0.1, 0.15) is 0 Å². The minimum Gasteiger partial charge on any atom is -0.392 e. The van der Waals surface area contributed by atoms with Crippen molar-refractivity contribution in [3.63, 3.8) is 0 Å². The van der Waals surface area contributed by atoms with E-state index < -0.39 is 5.97 Å². The summed E-state index contributed by atoms with van der Waals surface area (Å²) in [7, 11) is 0. The first-order valence-electron chi connectivity index (χ1n) is 3.42. The molecule has 0 radical (unpaired) electrons. The van der Waals surface area contributed by atoms with E-state index in [0.717, 1.165) is 0 Å². The van der Waals surface area contributed by atoms with Gasteiger partial charge in [-0.05, 0) is 24.3 Å². The molecule has 13 heavy (non-hydrogen) atoms. The van der Waals surface area contributed by atoms with Crippen LogP contribution in [0, 0.1) is 11.3 Å². The van der Waals surface area contributed by atoms with Gasteiger partial charge in [0.25, 0.3) is 0 Å². The number of nitrogens with zero attached hydrogens (tertiary/aromatic N) is 1. The molecule has 0 aliphatic carbocycles. The van der Waals surface area contributed by atoms with Crippen molar-refractivity contribution in [2.24, 2.45) is 0 Å². The van der Waals surface area contributed by atoms with Gasteiger partial charge in [0.2, 0.25) is 0 Å². The second kappa shape index (κ2) is 4.02. The number of carbonyl (C=O) groups is 2. The number of benzene rings is 1. The molecule has 0 saturated carbocycles. The molecule has 0 N–H and O–H groups in total. The molecular weight excluding hydrogens is 170 g/mol. The highest BCUT2D eigenvalue weighted by Gasteiger charge is 2.05. The maximum Gasteiger partial charge on any atom is 0.345 e. The molecule has 0 atom stereocenters. The van der Waals surface area contributed by atoms with Crippen molar-refractivity contribution >= 4 is 12.4 Å². The van der Waals surface area contributed by atoms with Gasteiger partial charge in [0.05, 0.1) is 17.2 Å². The Kier molecular flexibility index (Phi) is 2.77. The third-order valence-corrected chi connectivity index (χ3v) is 1.40. The van der Waals surface area contributed by atoms with Crippen LogP contribution < -0.4 is 0 Å². The van der Waals surface area contributed by atoms with Gasteiger partial charge in [-0.1, -0.05) is 0 Å². The molecule has 0 spiro atoms. The van der Waals surface area contributed by atoms with E-state index in [-0.39, 0.29) is 12.0 Å². The van der Waals surface area contributed by atoms with Crippen LogP contribution in [0.4, 0.5) is 0 Å². The average Bonchev–Trinajstić information content (AvgIpc) is 2.18. The van der Waals surface area contributed by atoms with Crippen molar-refractivity contribution in [1.29, 1.82) is 5.26 Å². The normalized spacial score (nSPS) is 8.54. The number of hydrogen-bond donors (Lipinski definition) is 0. The molecule has 0 amide bonds. The zero-order chi connectivity index (χ0) is 9.68. The molecule has 0 aliphatic heterocycles. The van der Waals surface area contributed by atoms with E-state index in [1.165, 1.54) is 24.3 Å². The van der Waals surface area contributed by atoms with Crippen molar-refractivity contribution in [2.45, 2.75) is 0 Å². The predicted molar refractivity (Wildman–Crippen MR) is 42.6 cm³/mol. The Morgan fingerprint density at radius 2 is 2.00 bits per heavy atom. The van der Waals surface area contributed by atoms with Crippen molar-refractivity contribution in [1.82, 2.24) is 0 Å². The Hall–Kier alpha value is -2.15. The SMILES string of the molecule is N#Cc1ccc(C(=O)OC=O)cc1. The summed E-state index contributed by atoms with van der Waals surface area (Å²) in [5.74, 6) is -0.723. The van der Waals surface area contributed by atoms with Gasteiger partial charge in [0.15, 0.2) is 0 Å².